The van der Waals surface area contributed by atoms with E-state index in [1.807, 2.05) is 45.0 Å². The molecule has 0 fully saturated rings. The Kier molecular flexibility index (Phi) is 3.61. The number of aromatic nitrogens is 3. The van der Waals surface area contributed by atoms with Gasteiger partial charge >= 0.3 is 0 Å². The molecule has 2 aromatic heterocycles. The number of benzene rings is 1. The zero-order valence-corrected chi connectivity index (χ0v) is 14.8. The average molecular weight is 346 g/mol. The van der Waals surface area contributed by atoms with Gasteiger partial charge in [0.2, 0.25) is 0 Å². The number of amides is 1. The number of rotatable bonds is 2. The zero-order chi connectivity index (χ0) is 18.4. The van der Waals surface area contributed by atoms with E-state index in [2.05, 4.69) is 21.9 Å². The molecule has 1 aliphatic rings. The van der Waals surface area contributed by atoms with E-state index in [0.29, 0.717) is 22.8 Å². The molecule has 1 N–H and O–H groups in total. The first-order valence-corrected chi connectivity index (χ1v) is 8.24. The van der Waals surface area contributed by atoms with Crippen molar-refractivity contribution >= 4 is 22.8 Å². The van der Waals surface area contributed by atoms with Crippen molar-refractivity contribution in [3.8, 4) is 5.75 Å². The highest BCUT2D eigenvalue weighted by Gasteiger charge is 2.18. The van der Waals surface area contributed by atoms with E-state index in [0.717, 1.165) is 22.5 Å². The summed E-state index contributed by atoms with van der Waals surface area (Å²) in [6.07, 6.45) is 3.49. The molecule has 0 saturated heterocycles. The largest absolute Gasteiger partial charge is 0.457 e. The number of carbonyl (C=O) groups excluding carboxylic acids is 1. The third-order valence-electron chi connectivity index (χ3n) is 4.32. The van der Waals surface area contributed by atoms with Crippen LogP contribution >= 0.6 is 0 Å². The Morgan fingerprint density at radius 3 is 2.85 bits per heavy atom. The van der Waals surface area contributed by atoms with Crippen molar-refractivity contribution in [2.24, 2.45) is 0 Å². The number of allylic oxidation sites excluding steroid dienone is 2. The topological polar surface area (TPSA) is 68.5 Å². The second kappa shape index (κ2) is 5.84. The molecule has 4 rings (SSSR count). The van der Waals surface area contributed by atoms with Crippen molar-refractivity contribution in [2.45, 2.75) is 20.8 Å². The van der Waals surface area contributed by atoms with Crippen molar-refractivity contribution in [1.82, 2.24) is 14.4 Å². The zero-order valence-electron chi connectivity index (χ0n) is 14.8. The summed E-state index contributed by atoms with van der Waals surface area (Å²) in [5.74, 6) is 0.938. The molecule has 1 aliphatic heterocycles. The smallest absolute Gasteiger partial charge is 0.278 e. The van der Waals surface area contributed by atoms with Crippen LogP contribution in [0.25, 0.3) is 11.2 Å². The first-order chi connectivity index (χ1) is 12.4. The standard InChI is InChI=1S/C20H18N4O2/c1-11-7-14(4)26-17-9-15(5-6-16(11)17)23-20(25)18-19-22-12(2)8-13(3)24(19)10-21-18/h5-10H,4H2,1-3H3,(H,23,25). The van der Waals surface area contributed by atoms with Crippen LogP contribution in [0.5, 0.6) is 5.75 Å². The molecule has 0 bridgehead atoms. The highest BCUT2D eigenvalue weighted by atomic mass is 16.5. The Morgan fingerprint density at radius 2 is 2.04 bits per heavy atom. The Labute approximate surface area is 150 Å². The fraction of sp³-hybridized carbons (Fsp3) is 0.150. The van der Waals surface area contributed by atoms with E-state index in [1.54, 1.807) is 16.8 Å². The number of hydrogen-bond acceptors (Lipinski definition) is 4. The van der Waals surface area contributed by atoms with Gasteiger partial charge in [-0.05, 0) is 50.6 Å². The minimum absolute atomic E-state index is 0.288. The summed E-state index contributed by atoms with van der Waals surface area (Å²) in [5, 5.41) is 2.87. The van der Waals surface area contributed by atoms with Crippen LogP contribution < -0.4 is 10.1 Å². The third-order valence-corrected chi connectivity index (χ3v) is 4.32. The van der Waals surface area contributed by atoms with Gasteiger partial charge < -0.3 is 10.1 Å². The number of nitrogens with one attached hydrogen (secondary N) is 1. The molecule has 6 nitrogen and oxygen atoms in total. The Balaban J connectivity index is 1.67. The second-order valence-electron chi connectivity index (χ2n) is 6.39. The Bertz CT molecular complexity index is 1110. The lowest BCUT2D eigenvalue weighted by Gasteiger charge is -2.18. The predicted molar refractivity (Wildman–Crippen MR) is 100 cm³/mol. The quantitative estimate of drug-likeness (QED) is 0.764. The number of imidazole rings is 1. The maximum Gasteiger partial charge on any atom is 0.278 e. The fourth-order valence-corrected chi connectivity index (χ4v) is 3.13. The number of fused-ring (bicyclic) bond motifs is 2. The maximum atomic E-state index is 12.7. The van der Waals surface area contributed by atoms with Crippen LogP contribution in [0.3, 0.4) is 0 Å². The van der Waals surface area contributed by atoms with E-state index in [4.69, 9.17) is 4.74 Å². The summed E-state index contributed by atoms with van der Waals surface area (Å²) in [6, 6.07) is 7.49. The number of aryl methyl sites for hydroxylation is 2. The minimum atomic E-state index is -0.313. The lowest BCUT2D eigenvalue weighted by atomic mass is 10.0. The van der Waals surface area contributed by atoms with Gasteiger partial charge in [0, 0.05) is 28.7 Å². The number of hydrogen-bond donors (Lipinski definition) is 1. The van der Waals surface area contributed by atoms with Crippen LogP contribution in [0.15, 0.2) is 49.0 Å². The van der Waals surface area contributed by atoms with E-state index in [9.17, 15) is 4.79 Å². The van der Waals surface area contributed by atoms with Gasteiger partial charge in [0.15, 0.2) is 11.3 Å². The monoisotopic (exact) mass is 346 g/mol. The molecule has 1 aromatic carbocycles. The van der Waals surface area contributed by atoms with Gasteiger partial charge in [-0.2, -0.15) is 0 Å². The fourth-order valence-electron chi connectivity index (χ4n) is 3.13. The molecular formula is C20H18N4O2. The van der Waals surface area contributed by atoms with E-state index >= 15 is 0 Å². The first-order valence-electron chi connectivity index (χ1n) is 8.24. The first kappa shape index (κ1) is 16.1. The molecule has 1 amide bonds. The average Bonchev–Trinajstić information content (AvgIpc) is 2.98. The molecule has 0 atom stereocenters. The highest BCUT2D eigenvalue weighted by molar-refractivity contribution is 6.07. The molecule has 0 saturated carbocycles. The molecule has 26 heavy (non-hydrogen) atoms. The van der Waals surface area contributed by atoms with Crippen molar-refractivity contribution in [2.75, 3.05) is 5.32 Å². The SMILES string of the molecule is C=C1C=C(C)c2ccc(NC(=O)c3ncn4c(C)cc(C)nc34)cc2O1. The van der Waals surface area contributed by atoms with Gasteiger partial charge in [-0.3, -0.25) is 9.20 Å². The van der Waals surface area contributed by atoms with Crippen LogP contribution in [-0.2, 0) is 0 Å². The van der Waals surface area contributed by atoms with E-state index in [-0.39, 0.29) is 11.6 Å². The lowest BCUT2D eigenvalue weighted by Crippen LogP contribution is -2.14. The molecule has 0 radical (unpaired) electrons. The van der Waals surface area contributed by atoms with Crippen molar-refractivity contribution in [3.63, 3.8) is 0 Å². The molecule has 3 aromatic rings. The number of carbonyl (C=O) groups is 1. The van der Waals surface area contributed by atoms with Gasteiger partial charge in [0.1, 0.15) is 17.8 Å². The molecular weight excluding hydrogens is 328 g/mol. The minimum Gasteiger partial charge on any atom is -0.457 e. The van der Waals surface area contributed by atoms with Gasteiger partial charge in [-0.25, -0.2) is 9.97 Å². The van der Waals surface area contributed by atoms with Crippen LogP contribution in [-0.4, -0.2) is 20.3 Å². The van der Waals surface area contributed by atoms with E-state index < -0.39 is 0 Å². The third kappa shape index (κ3) is 2.65. The van der Waals surface area contributed by atoms with Crippen LogP contribution in [0, 0.1) is 13.8 Å². The highest BCUT2D eigenvalue weighted by Crippen LogP contribution is 2.34. The lowest BCUT2D eigenvalue weighted by molar-refractivity contribution is 0.102. The molecule has 130 valence electrons. The van der Waals surface area contributed by atoms with Crippen LogP contribution in [0.1, 0.15) is 34.4 Å². The summed E-state index contributed by atoms with van der Waals surface area (Å²) >= 11 is 0. The molecule has 0 aliphatic carbocycles. The summed E-state index contributed by atoms with van der Waals surface area (Å²) < 4.78 is 7.46. The van der Waals surface area contributed by atoms with Gasteiger partial charge in [-0.15, -0.1) is 0 Å². The predicted octanol–water partition coefficient (Wildman–Crippen LogP) is 3.91. The number of ether oxygens (including phenoxy) is 1. The summed E-state index contributed by atoms with van der Waals surface area (Å²) in [5.41, 5.74) is 5.33. The van der Waals surface area contributed by atoms with Gasteiger partial charge in [0.05, 0.1) is 0 Å². The summed E-state index contributed by atoms with van der Waals surface area (Å²) in [7, 11) is 0. The maximum absolute atomic E-state index is 12.7. The van der Waals surface area contributed by atoms with Gasteiger partial charge in [0.25, 0.3) is 5.91 Å². The van der Waals surface area contributed by atoms with Crippen molar-refractivity contribution in [1.29, 1.82) is 0 Å². The normalized spacial score (nSPS) is 13.2. The second-order valence-corrected chi connectivity index (χ2v) is 6.39. The Morgan fingerprint density at radius 1 is 1.23 bits per heavy atom. The van der Waals surface area contributed by atoms with Crippen LogP contribution in [0.2, 0.25) is 0 Å². The van der Waals surface area contributed by atoms with Crippen molar-refractivity contribution in [3.05, 3.63) is 71.7 Å². The van der Waals surface area contributed by atoms with Gasteiger partial charge in [-0.1, -0.05) is 6.58 Å². The molecule has 3 heterocycles. The van der Waals surface area contributed by atoms with Crippen LogP contribution in [0.4, 0.5) is 5.69 Å². The van der Waals surface area contributed by atoms with E-state index in [1.165, 1.54) is 0 Å². The molecule has 0 unspecified atom stereocenters. The Hall–Kier alpha value is -3.41. The summed E-state index contributed by atoms with van der Waals surface area (Å²) in [6.45, 7) is 9.68. The van der Waals surface area contributed by atoms with Crippen molar-refractivity contribution < 1.29 is 9.53 Å². The molecule has 0 spiro atoms. The summed E-state index contributed by atoms with van der Waals surface area (Å²) in [4.78, 5) is 21.4. The molecule has 6 heteroatoms. The number of nitrogens with zero attached hydrogens (tertiary/aromatic N) is 3. The number of anilines is 1.